The normalized spacial score (nSPS) is 9.85. The van der Waals surface area contributed by atoms with Crippen LogP contribution in [0.15, 0.2) is 65.3 Å². The van der Waals surface area contributed by atoms with Gasteiger partial charge in [-0.2, -0.15) is 0 Å². The Morgan fingerprint density at radius 3 is 2.33 bits per heavy atom. The number of nitrogens with zero attached hydrogens (tertiary/aromatic N) is 2. The van der Waals surface area contributed by atoms with Crippen molar-refractivity contribution in [1.82, 2.24) is 9.55 Å². The minimum Gasteiger partial charge on any atom is -0.473 e. The van der Waals surface area contributed by atoms with Crippen LogP contribution in [0.3, 0.4) is 0 Å². The van der Waals surface area contributed by atoms with Gasteiger partial charge in [0.15, 0.2) is 0 Å². The zero-order valence-electron chi connectivity index (χ0n) is 14.5. The molecule has 3 N–H and O–H groups in total. The van der Waals surface area contributed by atoms with E-state index in [9.17, 15) is 0 Å². The number of halogens is 1. The van der Waals surface area contributed by atoms with Gasteiger partial charge in [-0.25, -0.2) is 14.6 Å². The summed E-state index contributed by atoms with van der Waals surface area (Å²) >= 11 is 3.51. The second-order valence-corrected chi connectivity index (χ2v) is 6.40. The molecule has 0 fully saturated rings. The highest BCUT2D eigenvalue weighted by molar-refractivity contribution is 9.10. The van der Waals surface area contributed by atoms with Crippen molar-refractivity contribution in [1.29, 1.82) is 0 Å². The Labute approximate surface area is 164 Å². The molecule has 27 heavy (non-hydrogen) atoms. The van der Waals surface area contributed by atoms with Gasteiger partial charge in [-0.3, -0.25) is 0 Å². The number of rotatable bonds is 4. The summed E-state index contributed by atoms with van der Waals surface area (Å²) in [6, 6.07) is 18.6. The van der Waals surface area contributed by atoms with Crippen LogP contribution in [-0.2, 0) is 23.2 Å². The topological polar surface area (TPSA) is 104 Å². The predicted molar refractivity (Wildman–Crippen MR) is 105 cm³/mol. The fourth-order valence-corrected chi connectivity index (χ4v) is 2.67. The van der Waals surface area contributed by atoms with E-state index in [-0.39, 0.29) is 0 Å². The van der Waals surface area contributed by atoms with Gasteiger partial charge in [-0.1, -0.05) is 58.4 Å². The van der Waals surface area contributed by atoms with E-state index < -0.39 is 11.9 Å². The van der Waals surface area contributed by atoms with E-state index in [1.54, 1.807) is 0 Å². The average Bonchev–Trinajstić information content (AvgIpc) is 3.02. The lowest BCUT2D eigenvalue weighted by molar-refractivity contribution is -0.159. The van der Waals surface area contributed by atoms with Crippen LogP contribution in [0, 0.1) is 0 Å². The number of aliphatic carboxylic acids is 2. The second-order valence-electron chi connectivity index (χ2n) is 5.49. The minimum atomic E-state index is -1.82. The van der Waals surface area contributed by atoms with Crippen LogP contribution in [-0.4, -0.2) is 31.7 Å². The summed E-state index contributed by atoms with van der Waals surface area (Å²) in [6.45, 7) is 0.767. The molecule has 0 aliphatic carbocycles. The van der Waals surface area contributed by atoms with E-state index in [4.69, 9.17) is 19.8 Å². The maximum Gasteiger partial charge on any atom is 0.414 e. The molecule has 0 spiro atoms. The van der Waals surface area contributed by atoms with Crippen molar-refractivity contribution in [3.63, 3.8) is 0 Å². The maximum absolute atomic E-state index is 9.10. The Kier molecular flexibility index (Phi) is 7.13. The fourth-order valence-electron chi connectivity index (χ4n) is 2.27. The molecule has 0 radical (unpaired) electrons. The third-order valence-electron chi connectivity index (χ3n) is 3.58. The first kappa shape index (κ1) is 20.2. The summed E-state index contributed by atoms with van der Waals surface area (Å²) in [5.74, 6) is -2.78. The summed E-state index contributed by atoms with van der Waals surface area (Å²) in [6.07, 6.45) is 1.90. The quantitative estimate of drug-likeness (QED) is 0.544. The maximum atomic E-state index is 9.10. The van der Waals surface area contributed by atoms with Gasteiger partial charge in [0.2, 0.25) is 5.95 Å². The van der Waals surface area contributed by atoms with Gasteiger partial charge in [-0.05, 0) is 17.7 Å². The van der Waals surface area contributed by atoms with Crippen LogP contribution in [0.25, 0.3) is 11.3 Å². The molecule has 0 amide bonds. The lowest BCUT2D eigenvalue weighted by Crippen LogP contribution is -2.09. The summed E-state index contributed by atoms with van der Waals surface area (Å²) < 4.78 is 3.14. The first-order valence-corrected chi connectivity index (χ1v) is 8.69. The Hall–Kier alpha value is -3.13. The van der Waals surface area contributed by atoms with Crippen LogP contribution < -0.4 is 5.32 Å². The number of benzene rings is 2. The molecule has 7 nitrogen and oxygen atoms in total. The van der Waals surface area contributed by atoms with Crippen molar-refractivity contribution in [3.8, 4) is 11.3 Å². The van der Waals surface area contributed by atoms with Crippen LogP contribution in [0.4, 0.5) is 5.95 Å². The lowest BCUT2D eigenvalue weighted by atomic mass is 10.2. The van der Waals surface area contributed by atoms with Crippen molar-refractivity contribution < 1.29 is 19.8 Å². The molecule has 0 atom stereocenters. The molecule has 0 unspecified atom stereocenters. The third-order valence-corrected chi connectivity index (χ3v) is 4.08. The molecule has 1 heterocycles. The molecule has 3 aromatic rings. The Morgan fingerprint density at radius 1 is 1.07 bits per heavy atom. The summed E-state index contributed by atoms with van der Waals surface area (Å²) in [4.78, 5) is 22.7. The largest absolute Gasteiger partial charge is 0.473 e. The number of carboxylic acid groups (broad SMARTS) is 2. The Balaban J connectivity index is 0.000000380. The average molecular weight is 432 g/mol. The minimum absolute atomic E-state index is 0.767. The van der Waals surface area contributed by atoms with E-state index in [2.05, 4.69) is 55.1 Å². The third kappa shape index (κ3) is 5.96. The molecule has 8 heteroatoms. The van der Waals surface area contributed by atoms with Gasteiger partial charge in [0, 0.05) is 23.6 Å². The predicted octanol–water partition coefficient (Wildman–Crippen LogP) is 3.62. The van der Waals surface area contributed by atoms with Gasteiger partial charge in [0.05, 0.1) is 11.9 Å². The van der Waals surface area contributed by atoms with Crippen LogP contribution in [0.1, 0.15) is 5.56 Å². The molecule has 2 aromatic carbocycles. The highest BCUT2D eigenvalue weighted by Gasteiger charge is 2.08. The Bertz CT molecular complexity index is 914. The van der Waals surface area contributed by atoms with Crippen LogP contribution in [0.5, 0.6) is 0 Å². The molecular formula is C19H18BrN3O4. The summed E-state index contributed by atoms with van der Waals surface area (Å²) in [5, 5.41) is 18.2. The zero-order chi connectivity index (χ0) is 19.8. The molecule has 0 saturated carbocycles. The van der Waals surface area contributed by atoms with Crippen molar-refractivity contribution in [3.05, 3.63) is 70.8 Å². The number of imidazole rings is 1. The van der Waals surface area contributed by atoms with Crippen LogP contribution in [0.2, 0.25) is 0 Å². The smallest absolute Gasteiger partial charge is 0.414 e. The number of aromatic nitrogens is 2. The standard InChI is InChI=1S/C17H16BrN3.C2H2O4/c1-21-16(14-8-5-9-15(18)10-14)12-20-17(21)19-11-13-6-3-2-4-7-13;3-1(4)2(5)6/h2-10,12H,11H2,1H3,(H,19,20);(H,3,4)(H,5,6). The van der Waals surface area contributed by atoms with Gasteiger partial charge in [0.1, 0.15) is 0 Å². The highest BCUT2D eigenvalue weighted by atomic mass is 79.9. The molecule has 0 saturated heterocycles. The van der Waals surface area contributed by atoms with Crippen molar-refractivity contribution in [2.75, 3.05) is 5.32 Å². The molecule has 3 rings (SSSR count). The van der Waals surface area contributed by atoms with E-state index in [1.807, 2.05) is 43.6 Å². The van der Waals surface area contributed by atoms with Gasteiger partial charge in [0.25, 0.3) is 0 Å². The first-order chi connectivity index (χ1) is 12.9. The van der Waals surface area contributed by atoms with E-state index in [1.165, 1.54) is 5.56 Å². The zero-order valence-corrected chi connectivity index (χ0v) is 16.0. The highest BCUT2D eigenvalue weighted by Crippen LogP contribution is 2.24. The number of carbonyl (C=O) groups is 2. The SMILES string of the molecule is Cn1c(-c2cccc(Br)c2)cnc1NCc1ccccc1.O=C(O)C(=O)O. The molecule has 140 valence electrons. The summed E-state index contributed by atoms with van der Waals surface area (Å²) in [5.41, 5.74) is 3.48. The van der Waals surface area contributed by atoms with Gasteiger partial charge < -0.3 is 20.1 Å². The van der Waals surface area contributed by atoms with Crippen molar-refractivity contribution in [2.24, 2.45) is 7.05 Å². The molecule has 0 aliphatic heterocycles. The fraction of sp³-hybridized carbons (Fsp3) is 0.105. The monoisotopic (exact) mass is 431 g/mol. The lowest BCUT2D eigenvalue weighted by Gasteiger charge is -2.08. The van der Waals surface area contributed by atoms with E-state index in [0.29, 0.717) is 0 Å². The van der Waals surface area contributed by atoms with Gasteiger partial charge >= 0.3 is 11.9 Å². The van der Waals surface area contributed by atoms with Crippen molar-refractivity contribution >= 4 is 33.8 Å². The number of anilines is 1. The molecule has 1 aromatic heterocycles. The number of carboxylic acids is 2. The van der Waals surface area contributed by atoms with Crippen molar-refractivity contribution in [2.45, 2.75) is 6.54 Å². The van der Waals surface area contributed by atoms with Crippen LogP contribution >= 0.6 is 15.9 Å². The second kappa shape index (κ2) is 9.54. The summed E-state index contributed by atoms with van der Waals surface area (Å²) in [7, 11) is 2.02. The molecular weight excluding hydrogens is 414 g/mol. The number of nitrogens with one attached hydrogen (secondary N) is 1. The molecule has 0 aliphatic rings. The first-order valence-electron chi connectivity index (χ1n) is 7.90. The van der Waals surface area contributed by atoms with E-state index >= 15 is 0 Å². The molecule has 0 bridgehead atoms. The number of hydrogen-bond donors (Lipinski definition) is 3. The number of hydrogen-bond acceptors (Lipinski definition) is 4. The van der Waals surface area contributed by atoms with E-state index in [0.717, 1.165) is 28.2 Å². The Morgan fingerprint density at radius 2 is 1.74 bits per heavy atom. The van der Waals surface area contributed by atoms with Gasteiger partial charge in [-0.15, -0.1) is 0 Å².